The van der Waals surface area contributed by atoms with E-state index in [0.29, 0.717) is 5.56 Å². The van der Waals surface area contributed by atoms with Gasteiger partial charge in [0.05, 0.1) is 11.6 Å². The Balaban J connectivity index is 2.16. The summed E-state index contributed by atoms with van der Waals surface area (Å²) in [4.78, 5) is 16.5. The average Bonchev–Trinajstić information content (AvgIpc) is 2.92. The number of nitrogens with zero attached hydrogens (tertiary/aromatic N) is 1. The Kier molecular flexibility index (Phi) is 4.16. The number of carbonyl (C=O) groups is 1. The highest BCUT2D eigenvalue weighted by Gasteiger charge is 2.15. The highest BCUT2D eigenvalue weighted by atomic mass is 32.1. The van der Waals surface area contributed by atoms with Crippen molar-refractivity contribution in [1.82, 2.24) is 10.3 Å². The van der Waals surface area contributed by atoms with E-state index in [1.165, 1.54) is 11.3 Å². The van der Waals surface area contributed by atoms with Crippen LogP contribution in [0.15, 0.2) is 29.8 Å². The van der Waals surface area contributed by atoms with E-state index in [4.69, 9.17) is 0 Å². The van der Waals surface area contributed by atoms with Gasteiger partial charge in [0.25, 0.3) is 5.91 Å². The second kappa shape index (κ2) is 5.84. The summed E-state index contributed by atoms with van der Waals surface area (Å²) < 4.78 is 0. The molecule has 1 atom stereocenters. The number of amides is 1. The van der Waals surface area contributed by atoms with E-state index < -0.39 is 0 Å². The minimum absolute atomic E-state index is 0.0847. The molecular formula is C14H17N3OS. The Morgan fingerprint density at radius 1 is 1.42 bits per heavy atom. The largest absolute Gasteiger partial charge is 0.387 e. The van der Waals surface area contributed by atoms with Crippen LogP contribution in [0.1, 0.15) is 33.9 Å². The fraction of sp³-hybridized carbons (Fsp3) is 0.286. The van der Waals surface area contributed by atoms with E-state index in [-0.39, 0.29) is 11.9 Å². The molecule has 100 valence electrons. The Bertz CT molecular complexity index is 566. The van der Waals surface area contributed by atoms with Crippen LogP contribution in [0.2, 0.25) is 0 Å². The third-order valence-corrected chi connectivity index (χ3v) is 3.82. The summed E-state index contributed by atoms with van der Waals surface area (Å²) in [6, 6.07) is 5.65. The fourth-order valence-electron chi connectivity index (χ4n) is 1.85. The third kappa shape index (κ3) is 3.12. The monoisotopic (exact) mass is 275 g/mol. The summed E-state index contributed by atoms with van der Waals surface area (Å²) in [6.45, 7) is 3.94. The van der Waals surface area contributed by atoms with Gasteiger partial charge in [-0.05, 0) is 31.5 Å². The van der Waals surface area contributed by atoms with E-state index in [1.54, 1.807) is 6.20 Å². The summed E-state index contributed by atoms with van der Waals surface area (Å²) >= 11 is 1.54. The molecule has 0 fully saturated rings. The highest BCUT2D eigenvalue weighted by Crippen LogP contribution is 2.19. The molecule has 1 heterocycles. The quantitative estimate of drug-likeness (QED) is 0.902. The van der Waals surface area contributed by atoms with Crippen molar-refractivity contribution in [2.75, 3.05) is 12.4 Å². The van der Waals surface area contributed by atoms with Crippen molar-refractivity contribution >= 4 is 22.9 Å². The SMILES string of the molecule is CNc1cc(C)ccc1C(=O)NC(C)c1nccs1. The Hall–Kier alpha value is -1.88. The van der Waals surface area contributed by atoms with Crippen LogP contribution in [0.4, 0.5) is 5.69 Å². The Labute approximate surface area is 116 Å². The van der Waals surface area contributed by atoms with Crippen molar-refractivity contribution in [2.24, 2.45) is 0 Å². The zero-order valence-electron chi connectivity index (χ0n) is 11.2. The lowest BCUT2D eigenvalue weighted by Crippen LogP contribution is -2.27. The van der Waals surface area contributed by atoms with Gasteiger partial charge in [-0.15, -0.1) is 11.3 Å². The first-order valence-corrected chi connectivity index (χ1v) is 6.98. The number of anilines is 1. The molecule has 1 aromatic heterocycles. The summed E-state index contributed by atoms with van der Waals surface area (Å²) in [6.07, 6.45) is 1.74. The molecule has 2 N–H and O–H groups in total. The first kappa shape index (κ1) is 13.5. The van der Waals surface area contributed by atoms with Gasteiger partial charge in [-0.3, -0.25) is 4.79 Å². The van der Waals surface area contributed by atoms with Crippen molar-refractivity contribution in [3.8, 4) is 0 Å². The lowest BCUT2D eigenvalue weighted by atomic mass is 10.1. The third-order valence-electron chi connectivity index (χ3n) is 2.86. The number of rotatable bonds is 4. The number of nitrogens with one attached hydrogen (secondary N) is 2. The normalized spacial score (nSPS) is 11.9. The van der Waals surface area contributed by atoms with Crippen LogP contribution in [0.3, 0.4) is 0 Å². The van der Waals surface area contributed by atoms with Crippen LogP contribution < -0.4 is 10.6 Å². The summed E-state index contributed by atoms with van der Waals surface area (Å²) in [5.41, 5.74) is 2.61. The zero-order chi connectivity index (χ0) is 13.8. The van der Waals surface area contributed by atoms with Crippen LogP contribution in [0, 0.1) is 6.92 Å². The molecular weight excluding hydrogens is 258 g/mol. The maximum Gasteiger partial charge on any atom is 0.253 e. The molecule has 0 aliphatic carbocycles. The Morgan fingerprint density at radius 3 is 2.84 bits per heavy atom. The second-order valence-corrected chi connectivity index (χ2v) is 5.29. The summed E-state index contributed by atoms with van der Waals surface area (Å²) in [5.74, 6) is -0.0907. The fourth-order valence-corrected chi connectivity index (χ4v) is 2.49. The molecule has 0 bridgehead atoms. The molecule has 2 rings (SSSR count). The maximum absolute atomic E-state index is 12.3. The molecule has 19 heavy (non-hydrogen) atoms. The number of benzene rings is 1. The van der Waals surface area contributed by atoms with Crippen LogP contribution in [-0.4, -0.2) is 17.9 Å². The van der Waals surface area contributed by atoms with Crippen LogP contribution in [0.25, 0.3) is 0 Å². The molecule has 0 saturated carbocycles. The average molecular weight is 275 g/mol. The van der Waals surface area contributed by atoms with Crippen LogP contribution >= 0.6 is 11.3 Å². The number of thiazole rings is 1. The number of hydrogen-bond donors (Lipinski definition) is 2. The van der Waals surface area contributed by atoms with E-state index in [9.17, 15) is 4.79 Å². The second-order valence-electron chi connectivity index (χ2n) is 4.36. The van der Waals surface area contributed by atoms with E-state index >= 15 is 0 Å². The van der Waals surface area contributed by atoms with Crippen LogP contribution in [0.5, 0.6) is 0 Å². The zero-order valence-corrected chi connectivity index (χ0v) is 12.0. The minimum atomic E-state index is -0.0907. The Morgan fingerprint density at radius 2 is 2.21 bits per heavy atom. The van der Waals surface area contributed by atoms with Gasteiger partial charge in [-0.1, -0.05) is 6.07 Å². The molecule has 1 aromatic carbocycles. The molecule has 4 nitrogen and oxygen atoms in total. The van der Waals surface area contributed by atoms with Crippen molar-refractivity contribution in [1.29, 1.82) is 0 Å². The molecule has 0 aliphatic heterocycles. The van der Waals surface area contributed by atoms with Gasteiger partial charge < -0.3 is 10.6 Å². The van der Waals surface area contributed by atoms with E-state index in [2.05, 4.69) is 15.6 Å². The molecule has 0 aliphatic rings. The lowest BCUT2D eigenvalue weighted by Gasteiger charge is -2.14. The first-order chi connectivity index (χ1) is 9.11. The number of aryl methyl sites for hydroxylation is 1. The van der Waals surface area contributed by atoms with E-state index in [1.807, 2.05) is 44.5 Å². The number of hydrogen-bond acceptors (Lipinski definition) is 4. The molecule has 0 saturated heterocycles. The molecule has 1 unspecified atom stereocenters. The van der Waals surface area contributed by atoms with Crippen molar-refractivity contribution in [3.05, 3.63) is 45.9 Å². The predicted octanol–water partition coefficient (Wildman–Crippen LogP) is 2.98. The maximum atomic E-state index is 12.3. The topological polar surface area (TPSA) is 54.0 Å². The van der Waals surface area contributed by atoms with Gasteiger partial charge in [0.15, 0.2) is 0 Å². The number of aromatic nitrogens is 1. The highest BCUT2D eigenvalue weighted by molar-refractivity contribution is 7.09. The molecule has 0 spiro atoms. The minimum Gasteiger partial charge on any atom is -0.387 e. The number of carbonyl (C=O) groups excluding carboxylic acids is 1. The molecule has 2 aromatic rings. The lowest BCUT2D eigenvalue weighted by molar-refractivity contribution is 0.0940. The van der Waals surface area contributed by atoms with Crippen molar-refractivity contribution in [3.63, 3.8) is 0 Å². The first-order valence-electron chi connectivity index (χ1n) is 6.10. The smallest absolute Gasteiger partial charge is 0.253 e. The van der Waals surface area contributed by atoms with Gasteiger partial charge in [-0.2, -0.15) is 0 Å². The van der Waals surface area contributed by atoms with Crippen LogP contribution in [-0.2, 0) is 0 Å². The predicted molar refractivity (Wildman–Crippen MR) is 78.7 cm³/mol. The molecule has 0 radical (unpaired) electrons. The summed E-state index contributed by atoms with van der Waals surface area (Å²) in [7, 11) is 1.82. The van der Waals surface area contributed by atoms with E-state index in [0.717, 1.165) is 16.3 Å². The van der Waals surface area contributed by atoms with Gasteiger partial charge in [0, 0.05) is 24.3 Å². The van der Waals surface area contributed by atoms with Gasteiger partial charge in [0.1, 0.15) is 5.01 Å². The van der Waals surface area contributed by atoms with Crippen molar-refractivity contribution < 1.29 is 4.79 Å². The summed E-state index contributed by atoms with van der Waals surface area (Å²) in [5, 5.41) is 8.83. The molecule has 1 amide bonds. The van der Waals surface area contributed by atoms with Gasteiger partial charge in [-0.25, -0.2) is 4.98 Å². The molecule has 5 heteroatoms. The van der Waals surface area contributed by atoms with Crippen molar-refractivity contribution in [2.45, 2.75) is 19.9 Å². The van der Waals surface area contributed by atoms with Gasteiger partial charge in [0.2, 0.25) is 0 Å². The van der Waals surface area contributed by atoms with Gasteiger partial charge >= 0.3 is 0 Å². The standard InChI is InChI=1S/C14H17N3OS/c1-9-4-5-11(12(8-9)15-3)13(18)17-10(2)14-16-6-7-19-14/h4-8,10,15H,1-3H3,(H,17,18).